The second-order valence-corrected chi connectivity index (χ2v) is 6.07. The minimum Gasteiger partial charge on any atom is -0.364 e. The number of aromatic nitrogens is 1. The second-order valence-electron chi connectivity index (χ2n) is 6.07. The first kappa shape index (κ1) is 14.5. The molecule has 0 radical (unpaired) electrons. The molecule has 21 heavy (non-hydrogen) atoms. The highest BCUT2D eigenvalue weighted by molar-refractivity contribution is 5.81. The van der Waals surface area contributed by atoms with Crippen molar-refractivity contribution in [3.05, 3.63) is 30.1 Å². The van der Waals surface area contributed by atoms with Crippen LogP contribution in [0.15, 0.2) is 24.4 Å². The van der Waals surface area contributed by atoms with Crippen LogP contribution in [0.4, 0.5) is 0 Å². The highest BCUT2D eigenvalue weighted by Gasteiger charge is 2.40. The zero-order valence-electron chi connectivity index (χ0n) is 12.5. The van der Waals surface area contributed by atoms with Gasteiger partial charge in [-0.15, -0.1) is 0 Å². The summed E-state index contributed by atoms with van der Waals surface area (Å²) in [5.74, 6) is 0.579. The van der Waals surface area contributed by atoms with Crippen molar-refractivity contribution in [3.63, 3.8) is 0 Å². The molecule has 2 fully saturated rings. The fraction of sp³-hybridized carbons (Fsp3) is 0.625. The van der Waals surface area contributed by atoms with Crippen molar-refractivity contribution in [3.8, 4) is 0 Å². The zero-order valence-corrected chi connectivity index (χ0v) is 12.5. The van der Waals surface area contributed by atoms with E-state index in [0.717, 1.165) is 38.0 Å². The Morgan fingerprint density at radius 3 is 3.24 bits per heavy atom. The zero-order chi connectivity index (χ0) is 14.7. The van der Waals surface area contributed by atoms with Gasteiger partial charge in [0.15, 0.2) is 0 Å². The van der Waals surface area contributed by atoms with Crippen LogP contribution in [-0.4, -0.2) is 54.7 Å². The Bertz CT molecular complexity index is 480. The van der Waals surface area contributed by atoms with Crippen molar-refractivity contribution < 1.29 is 9.53 Å². The molecule has 2 saturated heterocycles. The van der Waals surface area contributed by atoms with Gasteiger partial charge < -0.3 is 15.0 Å². The molecule has 2 aliphatic heterocycles. The van der Waals surface area contributed by atoms with Gasteiger partial charge in [-0.25, -0.2) is 0 Å². The van der Waals surface area contributed by atoms with Gasteiger partial charge in [-0.05, 0) is 44.5 Å². The molecule has 5 heteroatoms. The van der Waals surface area contributed by atoms with E-state index in [1.165, 1.54) is 0 Å². The van der Waals surface area contributed by atoms with Crippen LogP contribution in [-0.2, 0) is 16.0 Å². The minimum atomic E-state index is -0.268. The highest BCUT2D eigenvalue weighted by Crippen LogP contribution is 2.32. The first-order valence-corrected chi connectivity index (χ1v) is 7.74. The summed E-state index contributed by atoms with van der Waals surface area (Å²) < 4.78 is 5.93. The summed E-state index contributed by atoms with van der Waals surface area (Å²) in [4.78, 5) is 18.7. The van der Waals surface area contributed by atoms with Crippen molar-refractivity contribution in [1.82, 2.24) is 15.2 Å². The molecule has 0 unspecified atom stereocenters. The standard InChI is InChI=1S/C16H23N3O2/c1-19-9-6-12-10-14(21-15(12)11-19)16(20)18-8-5-13-4-2-3-7-17-13/h2-4,7,12,14-15H,5-6,8-11H2,1H3,(H,18,20)/t12-,14+,15+/m0/s1. The summed E-state index contributed by atoms with van der Waals surface area (Å²) >= 11 is 0. The Balaban J connectivity index is 1.44. The largest absolute Gasteiger partial charge is 0.364 e. The Morgan fingerprint density at radius 1 is 1.52 bits per heavy atom. The van der Waals surface area contributed by atoms with Gasteiger partial charge in [0.05, 0.1) is 6.10 Å². The molecule has 1 N–H and O–H groups in total. The summed E-state index contributed by atoms with van der Waals surface area (Å²) in [6, 6.07) is 5.83. The summed E-state index contributed by atoms with van der Waals surface area (Å²) in [7, 11) is 2.11. The number of nitrogens with zero attached hydrogens (tertiary/aromatic N) is 2. The normalized spacial score (nSPS) is 29.1. The molecule has 3 rings (SSSR count). The molecule has 0 aliphatic carbocycles. The Kier molecular flexibility index (Phi) is 4.51. The lowest BCUT2D eigenvalue weighted by atomic mass is 9.92. The molecular formula is C16H23N3O2. The Labute approximate surface area is 125 Å². The van der Waals surface area contributed by atoms with Crippen molar-refractivity contribution >= 4 is 5.91 Å². The number of nitrogens with one attached hydrogen (secondary N) is 1. The van der Waals surface area contributed by atoms with E-state index < -0.39 is 0 Å². The van der Waals surface area contributed by atoms with Crippen LogP contribution >= 0.6 is 0 Å². The highest BCUT2D eigenvalue weighted by atomic mass is 16.5. The van der Waals surface area contributed by atoms with Crippen LogP contribution in [0.25, 0.3) is 0 Å². The molecule has 114 valence electrons. The number of likely N-dealkylation sites (tertiary alicyclic amines) is 1. The summed E-state index contributed by atoms with van der Waals surface area (Å²) in [6.07, 6.45) is 4.51. The maximum atomic E-state index is 12.2. The van der Waals surface area contributed by atoms with Gasteiger partial charge in [0.25, 0.3) is 0 Å². The van der Waals surface area contributed by atoms with Gasteiger partial charge in [0.1, 0.15) is 6.10 Å². The Morgan fingerprint density at radius 2 is 2.43 bits per heavy atom. The van der Waals surface area contributed by atoms with Gasteiger partial charge >= 0.3 is 0 Å². The molecule has 1 aromatic rings. The third kappa shape index (κ3) is 3.60. The first-order valence-electron chi connectivity index (χ1n) is 7.74. The number of carbonyl (C=O) groups excluding carboxylic acids is 1. The second kappa shape index (κ2) is 6.54. The SMILES string of the molecule is CN1CC[C@H]2C[C@H](C(=O)NCCc3ccccn3)O[C@@H]2C1. The third-order valence-corrected chi connectivity index (χ3v) is 4.45. The van der Waals surface area contributed by atoms with E-state index in [4.69, 9.17) is 4.74 Å². The number of amides is 1. The van der Waals surface area contributed by atoms with Crippen LogP contribution in [0.2, 0.25) is 0 Å². The summed E-state index contributed by atoms with van der Waals surface area (Å²) in [6.45, 7) is 2.67. The fourth-order valence-electron chi connectivity index (χ4n) is 3.23. The van der Waals surface area contributed by atoms with Crippen molar-refractivity contribution in [2.45, 2.75) is 31.5 Å². The van der Waals surface area contributed by atoms with Gasteiger partial charge in [-0.2, -0.15) is 0 Å². The van der Waals surface area contributed by atoms with E-state index in [1.807, 2.05) is 18.2 Å². The van der Waals surface area contributed by atoms with E-state index in [-0.39, 0.29) is 18.1 Å². The van der Waals surface area contributed by atoms with Gasteiger partial charge in [-0.3, -0.25) is 9.78 Å². The van der Waals surface area contributed by atoms with Crippen molar-refractivity contribution in [2.75, 3.05) is 26.7 Å². The van der Waals surface area contributed by atoms with Gasteiger partial charge in [0, 0.05) is 31.4 Å². The van der Waals surface area contributed by atoms with E-state index >= 15 is 0 Å². The van der Waals surface area contributed by atoms with Gasteiger partial charge in [-0.1, -0.05) is 6.07 Å². The van der Waals surface area contributed by atoms with E-state index in [9.17, 15) is 4.79 Å². The third-order valence-electron chi connectivity index (χ3n) is 4.45. The maximum Gasteiger partial charge on any atom is 0.249 e. The molecule has 2 aliphatic rings. The number of carbonyl (C=O) groups is 1. The fourth-order valence-corrected chi connectivity index (χ4v) is 3.23. The lowest BCUT2D eigenvalue weighted by Crippen LogP contribution is -2.40. The number of hydrogen-bond acceptors (Lipinski definition) is 4. The minimum absolute atomic E-state index is 0.0305. The molecule has 0 aromatic carbocycles. The number of likely N-dealkylation sites (N-methyl/N-ethyl adjacent to an activating group) is 1. The molecule has 1 aromatic heterocycles. The quantitative estimate of drug-likeness (QED) is 0.893. The molecule has 1 amide bonds. The van der Waals surface area contributed by atoms with Crippen molar-refractivity contribution in [2.24, 2.45) is 5.92 Å². The van der Waals surface area contributed by atoms with E-state index in [2.05, 4.69) is 22.2 Å². The van der Waals surface area contributed by atoms with Crippen LogP contribution < -0.4 is 5.32 Å². The molecule has 0 bridgehead atoms. The number of ether oxygens (including phenoxy) is 1. The summed E-state index contributed by atoms with van der Waals surface area (Å²) in [5.41, 5.74) is 1.00. The summed E-state index contributed by atoms with van der Waals surface area (Å²) in [5, 5.41) is 2.98. The van der Waals surface area contributed by atoms with Gasteiger partial charge in [0.2, 0.25) is 5.91 Å². The predicted octanol–water partition coefficient (Wildman–Crippen LogP) is 0.849. The smallest absolute Gasteiger partial charge is 0.249 e. The topological polar surface area (TPSA) is 54.5 Å². The Hall–Kier alpha value is -1.46. The average molecular weight is 289 g/mol. The molecular weight excluding hydrogens is 266 g/mol. The first-order chi connectivity index (χ1) is 10.2. The van der Waals surface area contributed by atoms with Crippen molar-refractivity contribution in [1.29, 1.82) is 0 Å². The molecule has 0 saturated carbocycles. The molecule has 0 spiro atoms. The number of hydrogen-bond donors (Lipinski definition) is 1. The molecule has 5 nitrogen and oxygen atoms in total. The van der Waals surface area contributed by atoms with Crippen LogP contribution in [0, 0.1) is 5.92 Å². The number of fused-ring (bicyclic) bond motifs is 1. The van der Waals surface area contributed by atoms with E-state index in [0.29, 0.717) is 12.5 Å². The molecule has 3 heterocycles. The van der Waals surface area contributed by atoms with Crippen LogP contribution in [0.3, 0.4) is 0 Å². The van der Waals surface area contributed by atoms with Crippen LogP contribution in [0.1, 0.15) is 18.5 Å². The lowest BCUT2D eigenvalue weighted by Gasteiger charge is -2.30. The number of rotatable bonds is 4. The molecule has 3 atom stereocenters. The van der Waals surface area contributed by atoms with E-state index in [1.54, 1.807) is 6.20 Å². The predicted molar refractivity (Wildman–Crippen MR) is 79.8 cm³/mol. The monoisotopic (exact) mass is 289 g/mol. The number of piperidine rings is 1. The average Bonchev–Trinajstić information content (AvgIpc) is 2.91. The number of pyridine rings is 1. The lowest BCUT2D eigenvalue weighted by molar-refractivity contribution is -0.132. The maximum absolute atomic E-state index is 12.2. The van der Waals surface area contributed by atoms with Crippen LogP contribution in [0.5, 0.6) is 0 Å².